The Morgan fingerprint density at radius 1 is 1.35 bits per heavy atom. The lowest BCUT2D eigenvalue weighted by molar-refractivity contribution is -0.130. The SMILES string of the molecule is CN(C)C(=O)COc1cccc(NC(=O)C2CCCC(N)C2)c1. The predicted octanol–water partition coefficient (Wildman–Crippen LogP) is 1.61. The predicted molar refractivity (Wildman–Crippen MR) is 89.2 cm³/mol. The first-order valence-corrected chi connectivity index (χ1v) is 7.95. The number of carbonyl (C=O) groups is 2. The Labute approximate surface area is 137 Å². The van der Waals surface area contributed by atoms with Crippen molar-refractivity contribution in [3.63, 3.8) is 0 Å². The van der Waals surface area contributed by atoms with Crippen LogP contribution in [0.5, 0.6) is 5.75 Å². The van der Waals surface area contributed by atoms with Crippen LogP contribution in [-0.4, -0.2) is 43.5 Å². The van der Waals surface area contributed by atoms with Crippen LogP contribution in [0.2, 0.25) is 0 Å². The second-order valence-electron chi connectivity index (χ2n) is 6.22. The van der Waals surface area contributed by atoms with Gasteiger partial charge in [0, 0.05) is 37.8 Å². The van der Waals surface area contributed by atoms with Gasteiger partial charge in [-0.15, -0.1) is 0 Å². The Hall–Kier alpha value is -2.08. The summed E-state index contributed by atoms with van der Waals surface area (Å²) in [6.45, 7) is -0.0259. The van der Waals surface area contributed by atoms with Crippen molar-refractivity contribution in [3.05, 3.63) is 24.3 Å². The molecule has 2 unspecified atom stereocenters. The lowest BCUT2D eigenvalue weighted by Gasteiger charge is -2.25. The van der Waals surface area contributed by atoms with E-state index >= 15 is 0 Å². The van der Waals surface area contributed by atoms with Crippen molar-refractivity contribution in [2.75, 3.05) is 26.0 Å². The lowest BCUT2D eigenvalue weighted by Crippen LogP contribution is -2.34. The summed E-state index contributed by atoms with van der Waals surface area (Å²) in [4.78, 5) is 25.3. The Morgan fingerprint density at radius 3 is 2.83 bits per heavy atom. The number of carbonyl (C=O) groups excluding carboxylic acids is 2. The molecule has 0 aromatic heterocycles. The summed E-state index contributed by atoms with van der Waals surface area (Å²) in [7, 11) is 3.36. The number of nitrogens with zero attached hydrogens (tertiary/aromatic N) is 1. The van der Waals surface area contributed by atoms with Gasteiger partial charge < -0.3 is 20.7 Å². The molecular weight excluding hydrogens is 294 g/mol. The molecule has 0 bridgehead atoms. The highest BCUT2D eigenvalue weighted by Crippen LogP contribution is 2.25. The van der Waals surface area contributed by atoms with E-state index in [4.69, 9.17) is 10.5 Å². The molecule has 23 heavy (non-hydrogen) atoms. The number of anilines is 1. The molecule has 1 aromatic rings. The number of hydrogen-bond acceptors (Lipinski definition) is 4. The fraction of sp³-hybridized carbons (Fsp3) is 0.529. The average molecular weight is 319 g/mol. The van der Waals surface area contributed by atoms with Gasteiger partial charge in [0.2, 0.25) is 5.91 Å². The number of hydrogen-bond donors (Lipinski definition) is 2. The van der Waals surface area contributed by atoms with Gasteiger partial charge in [0.05, 0.1) is 0 Å². The molecule has 2 atom stereocenters. The third-order valence-corrected chi connectivity index (χ3v) is 4.05. The number of amides is 2. The van der Waals surface area contributed by atoms with Crippen molar-refractivity contribution in [2.24, 2.45) is 11.7 Å². The van der Waals surface area contributed by atoms with Crippen LogP contribution in [0, 0.1) is 5.92 Å². The van der Waals surface area contributed by atoms with Crippen molar-refractivity contribution >= 4 is 17.5 Å². The van der Waals surface area contributed by atoms with E-state index in [1.165, 1.54) is 4.90 Å². The molecule has 1 aliphatic rings. The minimum atomic E-state index is -0.115. The van der Waals surface area contributed by atoms with E-state index in [0.717, 1.165) is 25.7 Å². The minimum Gasteiger partial charge on any atom is -0.484 e. The zero-order valence-electron chi connectivity index (χ0n) is 13.7. The van der Waals surface area contributed by atoms with E-state index in [9.17, 15) is 9.59 Å². The summed E-state index contributed by atoms with van der Waals surface area (Å²) in [6, 6.07) is 7.20. The molecule has 6 heteroatoms. The van der Waals surface area contributed by atoms with Crippen LogP contribution in [-0.2, 0) is 9.59 Å². The minimum absolute atomic E-state index is 0.00154. The highest BCUT2D eigenvalue weighted by Gasteiger charge is 2.25. The van der Waals surface area contributed by atoms with Gasteiger partial charge in [-0.25, -0.2) is 0 Å². The third-order valence-electron chi connectivity index (χ3n) is 4.05. The molecule has 2 rings (SSSR count). The van der Waals surface area contributed by atoms with E-state index in [-0.39, 0.29) is 30.4 Å². The Kier molecular flexibility index (Phi) is 5.98. The summed E-state index contributed by atoms with van der Waals surface area (Å²) in [5, 5.41) is 2.91. The van der Waals surface area contributed by atoms with Crippen molar-refractivity contribution in [1.82, 2.24) is 4.90 Å². The second kappa shape index (κ2) is 7.97. The first kappa shape index (κ1) is 17.3. The first-order valence-electron chi connectivity index (χ1n) is 7.95. The molecule has 0 saturated heterocycles. The molecule has 3 N–H and O–H groups in total. The highest BCUT2D eigenvalue weighted by atomic mass is 16.5. The summed E-state index contributed by atoms with van der Waals surface area (Å²) < 4.78 is 5.45. The van der Waals surface area contributed by atoms with Gasteiger partial charge in [0.1, 0.15) is 5.75 Å². The second-order valence-corrected chi connectivity index (χ2v) is 6.22. The molecule has 6 nitrogen and oxygen atoms in total. The molecular formula is C17H25N3O3. The zero-order valence-corrected chi connectivity index (χ0v) is 13.7. The number of nitrogens with two attached hydrogens (primary N) is 1. The van der Waals surface area contributed by atoms with Gasteiger partial charge in [-0.3, -0.25) is 9.59 Å². The van der Waals surface area contributed by atoms with Crippen LogP contribution in [0.4, 0.5) is 5.69 Å². The van der Waals surface area contributed by atoms with Crippen molar-refractivity contribution in [2.45, 2.75) is 31.7 Å². The van der Waals surface area contributed by atoms with Crippen molar-refractivity contribution in [1.29, 1.82) is 0 Å². The van der Waals surface area contributed by atoms with E-state index in [0.29, 0.717) is 11.4 Å². The van der Waals surface area contributed by atoms with Gasteiger partial charge >= 0.3 is 0 Å². The summed E-state index contributed by atoms with van der Waals surface area (Å²) >= 11 is 0. The van der Waals surface area contributed by atoms with Crippen LogP contribution in [0.25, 0.3) is 0 Å². The fourth-order valence-electron chi connectivity index (χ4n) is 2.65. The normalized spacial score (nSPS) is 20.7. The zero-order chi connectivity index (χ0) is 16.8. The molecule has 1 fully saturated rings. The maximum absolute atomic E-state index is 12.3. The Balaban J connectivity index is 1.91. The molecule has 1 aromatic carbocycles. The monoisotopic (exact) mass is 319 g/mol. The van der Waals surface area contributed by atoms with Gasteiger partial charge in [0.25, 0.3) is 5.91 Å². The molecule has 0 aliphatic heterocycles. The van der Waals surface area contributed by atoms with E-state index < -0.39 is 0 Å². The number of nitrogens with one attached hydrogen (secondary N) is 1. The van der Waals surface area contributed by atoms with Crippen LogP contribution >= 0.6 is 0 Å². The average Bonchev–Trinajstić information content (AvgIpc) is 2.52. The summed E-state index contributed by atoms with van der Waals surface area (Å²) in [5.41, 5.74) is 6.61. The van der Waals surface area contributed by atoms with Gasteiger partial charge in [-0.2, -0.15) is 0 Å². The Bertz CT molecular complexity index is 560. The smallest absolute Gasteiger partial charge is 0.259 e. The molecule has 126 valence electrons. The number of likely N-dealkylation sites (N-methyl/N-ethyl adjacent to an activating group) is 1. The maximum Gasteiger partial charge on any atom is 0.259 e. The topological polar surface area (TPSA) is 84.7 Å². The van der Waals surface area contributed by atoms with E-state index in [1.54, 1.807) is 38.4 Å². The van der Waals surface area contributed by atoms with Crippen molar-refractivity contribution < 1.29 is 14.3 Å². The molecule has 1 aliphatic carbocycles. The maximum atomic E-state index is 12.3. The van der Waals surface area contributed by atoms with Crippen LogP contribution in [0.15, 0.2) is 24.3 Å². The number of rotatable bonds is 5. The number of ether oxygens (including phenoxy) is 1. The lowest BCUT2D eigenvalue weighted by atomic mass is 9.85. The van der Waals surface area contributed by atoms with E-state index in [2.05, 4.69) is 5.32 Å². The summed E-state index contributed by atoms with van der Waals surface area (Å²) in [5.74, 6) is 0.411. The van der Waals surface area contributed by atoms with E-state index in [1.807, 2.05) is 0 Å². The highest BCUT2D eigenvalue weighted by molar-refractivity contribution is 5.92. The van der Waals surface area contributed by atoms with Crippen LogP contribution in [0.1, 0.15) is 25.7 Å². The molecule has 1 saturated carbocycles. The first-order chi connectivity index (χ1) is 11.0. The van der Waals surface area contributed by atoms with Gasteiger partial charge in [0.15, 0.2) is 6.61 Å². The molecule has 0 heterocycles. The fourth-order valence-corrected chi connectivity index (χ4v) is 2.65. The largest absolute Gasteiger partial charge is 0.484 e. The number of benzene rings is 1. The Morgan fingerprint density at radius 2 is 2.13 bits per heavy atom. The van der Waals surface area contributed by atoms with Crippen LogP contribution in [0.3, 0.4) is 0 Å². The van der Waals surface area contributed by atoms with Crippen molar-refractivity contribution in [3.8, 4) is 5.75 Å². The standard InChI is InChI=1S/C17H25N3O3/c1-20(2)16(21)11-23-15-8-4-7-14(10-15)19-17(22)12-5-3-6-13(18)9-12/h4,7-8,10,12-13H,3,5-6,9,11,18H2,1-2H3,(H,19,22). The molecule has 0 radical (unpaired) electrons. The molecule has 2 amide bonds. The van der Waals surface area contributed by atoms with Gasteiger partial charge in [-0.05, 0) is 31.4 Å². The third kappa shape index (κ3) is 5.25. The summed E-state index contributed by atoms with van der Waals surface area (Å²) in [6.07, 6.45) is 3.61. The van der Waals surface area contributed by atoms with Crippen LogP contribution < -0.4 is 15.8 Å². The molecule has 0 spiro atoms. The van der Waals surface area contributed by atoms with Gasteiger partial charge in [-0.1, -0.05) is 12.5 Å². The quantitative estimate of drug-likeness (QED) is 0.863.